The molecule has 0 saturated heterocycles. The van der Waals surface area contributed by atoms with Gasteiger partial charge in [0.05, 0.1) is 5.75 Å². The van der Waals surface area contributed by atoms with E-state index in [9.17, 15) is 4.79 Å². The lowest BCUT2D eigenvalue weighted by Gasteiger charge is -2.09. The summed E-state index contributed by atoms with van der Waals surface area (Å²) in [4.78, 5) is 13.9. The molecular formula is C23H22N4OS2. The minimum Gasteiger partial charge on any atom is -0.325 e. The van der Waals surface area contributed by atoms with E-state index in [-0.39, 0.29) is 11.7 Å². The predicted octanol–water partition coefficient (Wildman–Crippen LogP) is 5.64. The van der Waals surface area contributed by atoms with Gasteiger partial charge in [-0.3, -0.25) is 9.36 Å². The number of hydrogen-bond donors (Lipinski definition) is 1. The highest BCUT2D eigenvalue weighted by Crippen LogP contribution is 2.28. The number of aromatic nitrogens is 3. The van der Waals surface area contributed by atoms with E-state index in [0.717, 1.165) is 34.3 Å². The first-order valence-electron chi connectivity index (χ1n) is 9.72. The van der Waals surface area contributed by atoms with E-state index in [2.05, 4.69) is 40.5 Å². The topological polar surface area (TPSA) is 59.8 Å². The number of fused-ring (bicyclic) bond motifs is 1. The second kappa shape index (κ2) is 9.28. The molecule has 0 aliphatic heterocycles. The van der Waals surface area contributed by atoms with Crippen LogP contribution in [0.2, 0.25) is 0 Å². The number of amides is 1. The van der Waals surface area contributed by atoms with Crippen LogP contribution in [0.4, 0.5) is 5.69 Å². The minimum atomic E-state index is -0.0742. The minimum absolute atomic E-state index is 0.0742. The molecule has 0 saturated carbocycles. The normalized spacial score (nSPS) is 11.0. The van der Waals surface area contributed by atoms with Crippen molar-refractivity contribution in [2.24, 2.45) is 0 Å². The van der Waals surface area contributed by atoms with Crippen LogP contribution in [-0.2, 0) is 17.8 Å². The first kappa shape index (κ1) is 20.4. The third-order valence-electron chi connectivity index (χ3n) is 4.69. The van der Waals surface area contributed by atoms with E-state index in [1.807, 2.05) is 53.1 Å². The molecule has 0 radical (unpaired) electrons. The second-order valence-electron chi connectivity index (χ2n) is 6.72. The number of hydrogen-bond acceptors (Lipinski definition) is 5. The van der Waals surface area contributed by atoms with Gasteiger partial charge >= 0.3 is 0 Å². The maximum absolute atomic E-state index is 12.6. The number of thiophene rings is 1. The lowest BCUT2D eigenvalue weighted by molar-refractivity contribution is -0.113. The molecule has 1 amide bonds. The van der Waals surface area contributed by atoms with Crippen LogP contribution in [-0.4, -0.2) is 26.4 Å². The summed E-state index contributed by atoms with van der Waals surface area (Å²) in [6, 6.07) is 16.1. The molecule has 0 spiro atoms. The van der Waals surface area contributed by atoms with Crippen molar-refractivity contribution in [2.75, 3.05) is 11.1 Å². The molecule has 30 heavy (non-hydrogen) atoms. The molecule has 0 aliphatic rings. The number of benzene rings is 2. The van der Waals surface area contributed by atoms with E-state index in [0.29, 0.717) is 11.7 Å². The van der Waals surface area contributed by atoms with Crippen molar-refractivity contribution in [1.29, 1.82) is 0 Å². The Morgan fingerprint density at radius 1 is 1.23 bits per heavy atom. The molecule has 2 aromatic carbocycles. The zero-order valence-corrected chi connectivity index (χ0v) is 18.3. The summed E-state index contributed by atoms with van der Waals surface area (Å²) in [7, 11) is 0. The molecular weight excluding hydrogens is 412 g/mol. The Labute approximate surface area is 183 Å². The molecule has 7 heteroatoms. The maximum Gasteiger partial charge on any atom is 0.234 e. The van der Waals surface area contributed by atoms with Crippen molar-refractivity contribution < 1.29 is 4.79 Å². The second-order valence-corrected chi connectivity index (χ2v) is 8.66. The Balaban J connectivity index is 1.49. The first-order valence-corrected chi connectivity index (χ1v) is 11.6. The van der Waals surface area contributed by atoms with Crippen molar-refractivity contribution in [3.63, 3.8) is 0 Å². The number of anilines is 1. The summed E-state index contributed by atoms with van der Waals surface area (Å²) in [6.45, 7) is 6.58. The number of thioether (sulfide) groups is 1. The molecule has 152 valence electrons. The van der Waals surface area contributed by atoms with Gasteiger partial charge in [-0.25, -0.2) is 0 Å². The summed E-state index contributed by atoms with van der Waals surface area (Å²) >= 11 is 3.10. The summed E-state index contributed by atoms with van der Waals surface area (Å²) in [5.41, 5.74) is 1.87. The molecule has 4 rings (SSSR count). The average Bonchev–Trinajstić information content (AvgIpc) is 3.40. The Kier molecular flexibility index (Phi) is 6.30. The molecule has 2 heterocycles. The van der Waals surface area contributed by atoms with Crippen LogP contribution in [0, 0.1) is 0 Å². The van der Waals surface area contributed by atoms with Crippen LogP contribution < -0.4 is 5.32 Å². The Hall–Kier alpha value is -2.90. The van der Waals surface area contributed by atoms with Crippen molar-refractivity contribution in [3.05, 3.63) is 71.4 Å². The van der Waals surface area contributed by atoms with E-state index >= 15 is 0 Å². The number of carbonyl (C=O) groups is 1. The van der Waals surface area contributed by atoms with Gasteiger partial charge in [0.15, 0.2) is 11.0 Å². The van der Waals surface area contributed by atoms with E-state index in [1.165, 1.54) is 16.6 Å². The van der Waals surface area contributed by atoms with Crippen molar-refractivity contribution in [3.8, 4) is 11.4 Å². The lowest BCUT2D eigenvalue weighted by Crippen LogP contribution is -2.15. The number of allylic oxidation sites excluding steroid dienone is 1. The van der Waals surface area contributed by atoms with E-state index < -0.39 is 0 Å². The Morgan fingerprint density at radius 2 is 2.07 bits per heavy atom. The molecule has 0 atom stereocenters. The molecule has 1 N–H and O–H groups in total. The fourth-order valence-corrected chi connectivity index (χ4v) is 4.80. The zero-order chi connectivity index (χ0) is 20.9. The van der Waals surface area contributed by atoms with Crippen molar-refractivity contribution in [1.82, 2.24) is 14.8 Å². The van der Waals surface area contributed by atoms with Gasteiger partial charge in [-0.15, -0.1) is 28.1 Å². The summed E-state index contributed by atoms with van der Waals surface area (Å²) in [6.07, 6.45) is 2.82. The van der Waals surface area contributed by atoms with Crippen LogP contribution in [0.15, 0.2) is 71.7 Å². The molecule has 5 nitrogen and oxygen atoms in total. The molecule has 0 bridgehead atoms. The highest BCUT2D eigenvalue weighted by Gasteiger charge is 2.16. The summed E-state index contributed by atoms with van der Waals surface area (Å²) in [5.74, 6) is 0.986. The van der Waals surface area contributed by atoms with Crippen molar-refractivity contribution in [2.45, 2.75) is 25.0 Å². The average molecular weight is 435 g/mol. The smallest absolute Gasteiger partial charge is 0.234 e. The molecule has 4 aromatic rings. The third-order valence-corrected chi connectivity index (χ3v) is 6.73. The molecule has 0 aliphatic carbocycles. The molecule has 0 unspecified atom stereocenters. The van der Waals surface area contributed by atoms with Crippen LogP contribution in [0.1, 0.15) is 11.8 Å². The highest BCUT2D eigenvalue weighted by molar-refractivity contribution is 7.99. The van der Waals surface area contributed by atoms with Crippen LogP contribution >= 0.6 is 23.1 Å². The van der Waals surface area contributed by atoms with Gasteiger partial charge in [0.2, 0.25) is 5.91 Å². The van der Waals surface area contributed by atoms with Gasteiger partial charge in [0.1, 0.15) is 0 Å². The zero-order valence-electron chi connectivity index (χ0n) is 16.7. The number of nitrogens with zero attached hydrogens (tertiary/aromatic N) is 3. The van der Waals surface area contributed by atoms with Crippen LogP contribution in [0.25, 0.3) is 22.2 Å². The number of carbonyl (C=O) groups excluding carboxylic acids is 1. The highest BCUT2D eigenvalue weighted by atomic mass is 32.2. The molecule has 2 aromatic heterocycles. The first-order chi connectivity index (χ1) is 14.7. The van der Waals surface area contributed by atoms with Gasteiger partial charge in [0.25, 0.3) is 0 Å². The van der Waals surface area contributed by atoms with E-state index in [4.69, 9.17) is 0 Å². The fourth-order valence-electron chi connectivity index (χ4n) is 3.24. The van der Waals surface area contributed by atoms with Gasteiger partial charge in [-0.05, 0) is 23.9 Å². The number of nitrogens with one attached hydrogen (secondary N) is 1. The lowest BCUT2D eigenvalue weighted by atomic mass is 10.1. The van der Waals surface area contributed by atoms with Gasteiger partial charge < -0.3 is 5.32 Å². The van der Waals surface area contributed by atoms with Crippen molar-refractivity contribution >= 4 is 45.5 Å². The van der Waals surface area contributed by atoms with Gasteiger partial charge in [-0.2, -0.15) is 0 Å². The number of rotatable bonds is 8. The Bertz CT molecular complexity index is 1190. The van der Waals surface area contributed by atoms with Gasteiger partial charge in [-0.1, -0.05) is 61.2 Å². The monoisotopic (exact) mass is 434 g/mol. The predicted molar refractivity (Wildman–Crippen MR) is 126 cm³/mol. The SMILES string of the molecule is C=CCn1c(SCC(=O)Nc2cccc3ccccc23)nnc1-c1csc(CC)c1. The molecule has 0 fully saturated rings. The Morgan fingerprint density at radius 3 is 2.87 bits per heavy atom. The number of aryl methyl sites for hydroxylation is 1. The fraction of sp³-hybridized carbons (Fsp3) is 0.174. The van der Waals surface area contributed by atoms with Crippen LogP contribution in [0.5, 0.6) is 0 Å². The third kappa shape index (κ3) is 4.32. The summed E-state index contributed by atoms with van der Waals surface area (Å²) in [5, 5.41) is 16.7. The maximum atomic E-state index is 12.6. The largest absolute Gasteiger partial charge is 0.325 e. The standard InChI is InChI=1S/C23H22N4OS2/c1-3-12-27-22(17-13-18(4-2)29-14-17)25-26-23(27)30-15-21(28)24-20-11-7-9-16-8-5-6-10-19(16)20/h3,5-11,13-14H,1,4,12,15H2,2H3,(H,24,28). The van der Waals surface area contributed by atoms with E-state index in [1.54, 1.807) is 11.3 Å². The quantitative estimate of drug-likeness (QED) is 0.288. The van der Waals surface area contributed by atoms with Crippen LogP contribution in [0.3, 0.4) is 0 Å². The summed E-state index contributed by atoms with van der Waals surface area (Å²) < 4.78 is 2.00. The van der Waals surface area contributed by atoms with Gasteiger partial charge in [0, 0.05) is 33.4 Å².